The second-order valence-corrected chi connectivity index (χ2v) is 8.90. The fourth-order valence-electron chi connectivity index (χ4n) is 3.29. The first-order chi connectivity index (χ1) is 15.1. The smallest absolute Gasteiger partial charge is 0.407 e. The first-order valence-electron chi connectivity index (χ1n) is 10.4. The minimum absolute atomic E-state index is 0.0141. The SMILES string of the molecule is C[C@H](NC(=O)OC(C)(C)C)[C@H](Nc1nc(Nc2ccc(F)cc2)c(C#N)cc1F)C1CC1. The Labute approximate surface area is 186 Å². The number of anilines is 3. The maximum atomic E-state index is 14.7. The van der Waals surface area contributed by atoms with Gasteiger partial charge in [-0.15, -0.1) is 0 Å². The normalized spacial score (nSPS) is 15.3. The van der Waals surface area contributed by atoms with Gasteiger partial charge in [0.25, 0.3) is 0 Å². The van der Waals surface area contributed by atoms with Gasteiger partial charge in [-0.1, -0.05) is 0 Å². The standard InChI is InChI=1S/C23H27F2N5O2/c1-13(27-22(31)32-23(2,3)4)19(14-5-6-14)29-21-18(25)11-15(12-26)20(30-21)28-17-9-7-16(24)8-10-17/h7-11,13-14,19H,5-6H2,1-4H3,(H,27,31)(H2,28,29,30)/t13-,19-/m0/s1. The van der Waals surface area contributed by atoms with Gasteiger partial charge in [0, 0.05) is 11.7 Å². The molecule has 1 amide bonds. The largest absolute Gasteiger partial charge is 0.444 e. The number of hydrogen-bond donors (Lipinski definition) is 3. The van der Waals surface area contributed by atoms with Crippen LogP contribution in [-0.4, -0.2) is 28.8 Å². The third-order valence-electron chi connectivity index (χ3n) is 4.92. The van der Waals surface area contributed by atoms with E-state index in [0.717, 1.165) is 18.9 Å². The molecule has 0 unspecified atom stereocenters. The Morgan fingerprint density at radius 1 is 1.22 bits per heavy atom. The van der Waals surface area contributed by atoms with Crippen LogP contribution >= 0.6 is 0 Å². The molecule has 7 nitrogen and oxygen atoms in total. The predicted molar refractivity (Wildman–Crippen MR) is 118 cm³/mol. The molecule has 0 saturated heterocycles. The van der Waals surface area contributed by atoms with Crippen molar-refractivity contribution in [1.29, 1.82) is 5.26 Å². The van der Waals surface area contributed by atoms with E-state index < -0.39 is 23.3 Å². The van der Waals surface area contributed by atoms with Crippen molar-refractivity contribution in [3.63, 3.8) is 0 Å². The number of carbonyl (C=O) groups is 1. The number of ether oxygens (including phenoxy) is 1. The highest BCUT2D eigenvalue weighted by atomic mass is 19.1. The zero-order chi connectivity index (χ0) is 23.5. The van der Waals surface area contributed by atoms with Gasteiger partial charge in [-0.2, -0.15) is 5.26 Å². The summed E-state index contributed by atoms with van der Waals surface area (Å²) in [4.78, 5) is 16.5. The summed E-state index contributed by atoms with van der Waals surface area (Å²) in [6.07, 6.45) is 1.33. The maximum absolute atomic E-state index is 14.7. The molecule has 3 rings (SSSR count). The number of carbonyl (C=O) groups excluding carboxylic acids is 1. The van der Waals surface area contributed by atoms with Crippen LogP contribution in [0.4, 0.5) is 30.9 Å². The average Bonchev–Trinajstić information content (AvgIpc) is 3.53. The summed E-state index contributed by atoms with van der Waals surface area (Å²) in [7, 11) is 0. The minimum atomic E-state index is -0.679. The lowest BCUT2D eigenvalue weighted by atomic mass is 10.0. The molecule has 1 fully saturated rings. The third-order valence-corrected chi connectivity index (χ3v) is 4.92. The van der Waals surface area contributed by atoms with Gasteiger partial charge < -0.3 is 20.7 Å². The molecule has 0 bridgehead atoms. The molecule has 1 saturated carbocycles. The van der Waals surface area contributed by atoms with E-state index >= 15 is 0 Å². The summed E-state index contributed by atoms with van der Waals surface area (Å²) in [5, 5.41) is 18.2. The average molecular weight is 443 g/mol. The van der Waals surface area contributed by atoms with Crippen LogP contribution in [0.2, 0.25) is 0 Å². The monoisotopic (exact) mass is 443 g/mol. The maximum Gasteiger partial charge on any atom is 0.407 e. The number of nitrogens with one attached hydrogen (secondary N) is 3. The molecule has 1 aromatic carbocycles. The van der Waals surface area contributed by atoms with Gasteiger partial charge in [0.15, 0.2) is 17.5 Å². The molecular weight excluding hydrogens is 416 g/mol. The summed E-state index contributed by atoms with van der Waals surface area (Å²) < 4.78 is 33.2. The van der Waals surface area contributed by atoms with Crippen molar-refractivity contribution < 1.29 is 18.3 Å². The van der Waals surface area contributed by atoms with Crippen LogP contribution < -0.4 is 16.0 Å². The van der Waals surface area contributed by atoms with Crippen LogP contribution in [0.5, 0.6) is 0 Å². The second kappa shape index (κ2) is 9.39. The molecule has 0 radical (unpaired) electrons. The Morgan fingerprint density at radius 2 is 1.88 bits per heavy atom. The molecule has 0 spiro atoms. The quantitative estimate of drug-likeness (QED) is 0.552. The van der Waals surface area contributed by atoms with E-state index in [1.165, 1.54) is 24.3 Å². The van der Waals surface area contributed by atoms with Crippen molar-refractivity contribution >= 4 is 23.4 Å². The lowest BCUT2D eigenvalue weighted by Crippen LogP contribution is -2.47. The molecule has 2 aromatic rings. The summed E-state index contributed by atoms with van der Waals surface area (Å²) in [5.74, 6) is -0.732. The summed E-state index contributed by atoms with van der Waals surface area (Å²) in [6.45, 7) is 7.15. The Morgan fingerprint density at radius 3 is 2.44 bits per heavy atom. The van der Waals surface area contributed by atoms with Gasteiger partial charge in [0.05, 0.1) is 11.6 Å². The van der Waals surface area contributed by atoms with E-state index in [2.05, 4.69) is 20.9 Å². The molecular formula is C23H27F2N5O2. The van der Waals surface area contributed by atoms with Gasteiger partial charge in [-0.3, -0.25) is 0 Å². The number of halogens is 2. The molecule has 2 atom stereocenters. The first-order valence-corrected chi connectivity index (χ1v) is 10.4. The molecule has 170 valence electrons. The highest BCUT2D eigenvalue weighted by Gasteiger charge is 2.37. The third kappa shape index (κ3) is 6.30. The van der Waals surface area contributed by atoms with Crippen LogP contribution in [0.25, 0.3) is 0 Å². The van der Waals surface area contributed by atoms with Crippen LogP contribution in [0, 0.1) is 28.9 Å². The van der Waals surface area contributed by atoms with Gasteiger partial charge in [-0.25, -0.2) is 18.6 Å². The van der Waals surface area contributed by atoms with Crippen molar-refractivity contribution in [3.05, 3.63) is 47.5 Å². The van der Waals surface area contributed by atoms with Crippen LogP contribution in [-0.2, 0) is 4.74 Å². The van der Waals surface area contributed by atoms with Crippen molar-refractivity contribution in [1.82, 2.24) is 10.3 Å². The van der Waals surface area contributed by atoms with Gasteiger partial charge in [-0.05, 0) is 76.8 Å². The fraction of sp³-hybridized carbons (Fsp3) is 0.435. The molecule has 1 aliphatic carbocycles. The molecule has 32 heavy (non-hydrogen) atoms. The number of aromatic nitrogens is 1. The van der Waals surface area contributed by atoms with Gasteiger partial charge in [0.2, 0.25) is 0 Å². The Kier molecular flexibility index (Phi) is 6.82. The van der Waals surface area contributed by atoms with E-state index in [1.807, 2.05) is 13.0 Å². The van der Waals surface area contributed by atoms with Crippen molar-refractivity contribution in [3.8, 4) is 6.07 Å². The fourth-order valence-corrected chi connectivity index (χ4v) is 3.29. The summed E-state index contributed by atoms with van der Waals surface area (Å²) >= 11 is 0. The summed E-state index contributed by atoms with van der Waals surface area (Å²) in [6, 6.07) is 7.89. The molecule has 3 N–H and O–H groups in total. The van der Waals surface area contributed by atoms with E-state index in [-0.39, 0.29) is 35.2 Å². The molecule has 0 aliphatic heterocycles. The zero-order valence-electron chi connectivity index (χ0n) is 18.5. The molecule has 9 heteroatoms. The highest BCUT2D eigenvalue weighted by Crippen LogP contribution is 2.36. The van der Waals surface area contributed by atoms with E-state index in [4.69, 9.17) is 4.74 Å². The van der Waals surface area contributed by atoms with E-state index in [0.29, 0.717) is 5.69 Å². The number of hydrogen-bond acceptors (Lipinski definition) is 6. The van der Waals surface area contributed by atoms with Crippen LogP contribution in [0.1, 0.15) is 46.1 Å². The van der Waals surface area contributed by atoms with Crippen LogP contribution in [0.3, 0.4) is 0 Å². The highest BCUT2D eigenvalue weighted by molar-refractivity contribution is 5.68. The lowest BCUT2D eigenvalue weighted by Gasteiger charge is -2.28. The molecule has 1 heterocycles. The topological polar surface area (TPSA) is 99.1 Å². The minimum Gasteiger partial charge on any atom is -0.444 e. The van der Waals surface area contributed by atoms with Crippen molar-refractivity contribution in [2.75, 3.05) is 10.6 Å². The van der Waals surface area contributed by atoms with Crippen molar-refractivity contribution in [2.45, 2.75) is 58.2 Å². The van der Waals surface area contributed by atoms with Gasteiger partial charge in [0.1, 0.15) is 17.5 Å². The number of amides is 1. The van der Waals surface area contributed by atoms with E-state index in [9.17, 15) is 18.8 Å². The van der Waals surface area contributed by atoms with Crippen LogP contribution in [0.15, 0.2) is 30.3 Å². The van der Waals surface area contributed by atoms with Crippen molar-refractivity contribution in [2.24, 2.45) is 5.92 Å². The molecule has 1 aromatic heterocycles. The van der Waals surface area contributed by atoms with E-state index in [1.54, 1.807) is 20.8 Å². The number of alkyl carbamates (subject to hydrolysis) is 1. The lowest BCUT2D eigenvalue weighted by molar-refractivity contribution is 0.0501. The number of nitriles is 1. The summed E-state index contributed by atoms with van der Waals surface area (Å²) in [5.41, 5.74) is -0.111. The molecule has 1 aliphatic rings. The second-order valence-electron chi connectivity index (χ2n) is 8.90. The predicted octanol–water partition coefficient (Wildman–Crippen LogP) is 5.08. The zero-order valence-corrected chi connectivity index (χ0v) is 18.5. The Balaban J connectivity index is 1.80. The first kappa shape index (κ1) is 23.3. The number of nitrogens with zero attached hydrogens (tertiary/aromatic N) is 2. The Hall–Kier alpha value is -3.41. The number of rotatable bonds is 7. The number of pyridine rings is 1. The van der Waals surface area contributed by atoms with Gasteiger partial charge >= 0.3 is 6.09 Å². The Bertz CT molecular complexity index is 1010. The number of benzene rings is 1.